The summed E-state index contributed by atoms with van der Waals surface area (Å²) in [7, 11) is 1.79. The number of carbonyl (C=O) groups excluding carboxylic acids is 2. The highest BCUT2D eigenvalue weighted by molar-refractivity contribution is 5.98. The van der Waals surface area contributed by atoms with E-state index in [1.54, 1.807) is 30.1 Å². The maximum atomic E-state index is 12.4. The Balaban J connectivity index is 1.43. The summed E-state index contributed by atoms with van der Waals surface area (Å²) in [5, 5.41) is 0. The molecule has 1 saturated heterocycles. The van der Waals surface area contributed by atoms with Gasteiger partial charge >= 0.3 is 0 Å². The summed E-state index contributed by atoms with van der Waals surface area (Å²) in [5.41, 5.74) is 0.556. The first-order chi connectivity index (χ1) is 12.6. The van der Waals surface area contributed by atoms with E-state index in [9.17, 15) is 9.59 Å². The van der Waals surface area contributed by atoms with Gasteiger partial charge in [0.2, 0.25) is 5.91 Å². The van der Waals surface area contributed by atoms with Crippen molar-refractivity contribution in [3.63, 3.8) is 0 Å². The van der Waals surface area contributed by atoms with E-state index >= 15 is 0 Å². The van der Waals surface area contributed by atoms with Gasteiger partial charge in [0.15, 0.2) is 17.3 Å². The van der Waals surface area contributed by atoms with Crippen LogP contribution in [0.15, 0.2) is 18.2 Å². The number of benzene rings is 1. The van der Waals surface area contributed by atoms with Crippen molar-refractivity contribution in [1.29, 1.82) is 0 Å². The molecule has 0 aromatic heterocycles. The van der Waals surface area contributed by atoms with Gasteiger partial charge in [0, 0.05) is 38.6 Å². The van der Waals surface area contributed by atoms with E-state index in [4.69, 9.17) is 14.2 Å². The minimum Gasteiger partial charge on any atom is -0.486 e. The van der Waals surface area contributed by atoms with E-state index in [0.29, 0.717) is 36.8 Å². The maximum absolute atomic E-state index is 12.4. The SMILES string of the molecule is CN(CCC1CCCCO1)C(=O)CCC(=O)c1ccc2c(c1)OCCO2. The molecule has 0 radical (unpaired) electrons. The molecule has 1 amide bonds. The van der Waals surface area contributed by atoms with Crippen molar-refractivity contribution in [3.8, 4) is 11.5 Å². The van der Waals surface area contributed by atoms with E-state index in [1.165, 1.54) is 6.42 Å². The first-order valence-corrected chi connectivity index (χ1v) is 9.42. The second kappa shape index (κ2) is 9.03. The fraction of sp³-hybridized carbons (Fsp3) is 0.600. The Labute approximate surface area is 154 Å². The third-order valence-corrected chi connectivity index (χ3v) is 4.92. The van der Waals surface area contributed by atoms with Crippen molar-refractivity contribution < 1.29 is 23.8 Å². The van der Waals surface area contributed by atoms with Crippen LogP contribution in [0.2, 0.25) is 0 Å². The monoisotopic (exact) mass is 361 g/mol. The van der Waals surface area contributed by atoms with Crippen LogP contribution in [0.1, 0.15) is 48.9 Å². The van der Waals surface area contributed by atoms with Crippen LogP contribution < -0.4 is 9.47 Å². The number of Topliss-reactive ketones (excluding diaryl/α,β-unsaturated/α-hetero) is 1. The minimum atomic E-state index is -0.0562. The molecule has 1 aromatic carbocycles. The van der Waals surface area contributed by atoms with Crippen LogP contribution in [0.5, 0.6) is 11.5 Å². The number of hydrogen-bond donors (Lipinski definition) is 0. The molecule has 26 heavy (non-hydrogen) atoms. The number of rotatable bonds is 7. The first-order valence-electron chi connectivity index (χ1n) is 9.42. The Kier molecular flexibility index (Phi) is 6.50. The third-order valence-electron chi connectivity index (χ3n) is 4.92. The lowest BCUT2D eigenvalue weighted by Gasteiger charge is -2.25. The van der Waals surface area contributed by atoms with Crippen molar-refractivity contribution in [1.82, 2.24) is 4.90 Å². The molecular weight excluding hydrogens is 334 g/mol. The average Bonchev–Trinajstić information content (AvgIpc) is 2.70. The van der Waals surface area contributed by atoms with Crippen LogP contribution in [-0.2, 0) is 9.53 Å². The van der Waals surface area contributed by atoms with Gasteiger partial charge in [-0.3, -0.25) is 9.59 Å². The molecule has 0 bridgehead atoms. The first kappa shape index (κ1) is 18.7. The smallest absolute Gasteiger partial charge is 0.222 e. The largest absolute Gasteiger partial charge is 0.486 e. The maximum Gasteiger partial charge on any atom is 0.222 e. The number of nitrogens with zero attached hydrogens (tertiary/aromatic N) is 1. The molecule has 1 fully saturated rings. The summed E-state index contributed by atoms with van der Waals surface area (Å²) in [6, 6.07) is 5.18. The van der Waals surface area contributed by atoms with Gasteiger partial charge in [-0.2, -0.15) is 0 Å². The van der Waals surface area contributed by atoms with E-state index in [-0.39, 0.29) is 30.6 Å². The number of ketones is 1. The van der Waals surface area contributed by atoms with E-state index in [2.05, 4.69) is 0 Å². The summed E-state index contributed by atoms with van der Waals surface area (Å²) >= 11 is 0. The minimum absolute atomic E-state index is 0.00768. The Morgan fingerprint density at radius 3 is 2.65 bits per heavy atom. The molecule has 6 nitrogen and oxygen atoms in total. The predicted molar refractivity (Wildman–Crippen MR) is 96.8 cm³/mol. The highest BCUT2D eigenvalue weighted by Gasteiger charge is 2.18. The topological polar surface area (TPSA) is 65.1 Å². The predicted octanol–water partition coefficient (Wildman–Crippen LogP) is 2.84. The quantitative estimate of drug-likeness (QED) is 0.699. The molecule has 3 rings (SSSR count). The van der Waals surface area contributed by atoms with Crippen LogP contribution in [0, 0.1) is 0 Å². The van der Waals surface area contributed by atoms with Crippen molar-refractivity contribution in [2.24, 2.45) is 0 Å². The number of fused-ring (bicyclic) bond motifs is 1. The number of hydrogen-bond acceptors (Lipinski definition) is 5. The number of amides is 1. The summed E-state index contributed by atoms with van der Waals surface area (Å²) in [6.07, 6.45) is 4.94. The molecule has 0 saturated carbocycles. The Morgan fingerprint density at radius 2 is 1.88 bits per heavy atom. The van der Waals surface area contributed by atoms with Gasteiger partial charge in [-0.25, -0.2) is 0 Å². The molecule has 2 aliphatic rings. The van der Waals surface area contributed by atoms with Crippen LogP contribution in [0.25, 0.3) is 0 Å². The van der Waals surface area contributed by atoms with Crippen molar-refractivity contribution in [3.05, 3.63) is 23.8 Å². The van der Waals surface area contributed by atoms with E-state index < -0.39 is 0 Å². The third kappa shape index (κ3) is 4.97. The summed E-state index contributed by atoms with van der Waals surface area (Å²) in [6.45, 7) is 2.50. The standard InChI is InChI=1S/C20H27NO5/c1-21(10-9-16-4-2-3-11-24-16)20(23)8-6-17(22)15-5-7-18-19(14-15)26-13-12-25-18/h5,7,14,16H,2-4,6,8-13H2,1H3. The molecular formula is C20H27NO5. The lowest BCUT2D eigenvalue weighted by atomic mass is 10.0. The van der Waals surface area contributed by atoms with Gasteiger partial charge < -0.3 is 19.1 Å². The van der Waals surface area contributed by atoms with Crippen LogP contribution in [-0.4, -0.2) is 56.1 Å². The van der Waals surface area contributed by atoms with Gasteiger partial charge in [-0.15, -0.1) is 0 Å². The normalized spacial score (nSPS) is 19.0. The van der Waals surface area contributed by atoms with Crippen LogP contribution in [0.4, 0.5) is 0 Å². The van der Waals surface area contributed by atoms with Gasteiger partial charge in [-0.05, 0) is 43.9 Å². The fourth-order valence-corrected chi connectivity index (χ4v) is 3.27. The molecule has 6 heteroatoms. The second-order valence-corrected chi connectivity index (χ2v) is 6.87. The van der Waals surface area contributed by atoms with Gasteiger partial charge in [0.1, 0.15) is 13.2 Å². The Morgan fingerprint density at radius 1 is 1.08 bits per heavy atom. The summed E-state index contributed by atoms with van der Waals surface area (Å²) < 4.78 is 16.7. The molecule has 1 aromatic rings. The molecule has 2 aliphatic heterocycles. The zero-order chi connectivity index (χ0) is 18.4. The fourth-order valence-electron chi connectivity index (χ4n) is 3.27. The molecule has 0 spiro atoms. The molecule has 1 unspecified atom stereocenters. The number of carbonyl (C=O) groups is 2. The van der Waals surface area contributed by atoms with Crippen LogP contribution in [0.3, 0.4) is 0 Å². The van der Waals surface area contributed by atoms with E-state index in [1.807, 2.05) is 0 Å². The Bertz CT molecular complexity index is 639. The summed E-state index contributed by atoms with van der Waals surface area (Å²) in [5.74, 6) is 1.19. The summed E-state index contributed by atoms with van der Waals surface area (Å²) in [4.78, 5) is 26.4. The highest BCUT2D eigenvalue weighted by Crippen LogP contribution is 2.31. The number of ether oxygens (including phenoxy) is 3. The molecule has 142 valence electrons. The average molecular weight is 361 g/mol. The van der Waals surface area contributed by atoms with E-state index in [0.717, 1.165) is 25.9 Å². The van der Waals surface area contributed by atoms with Gasteiger partial charge in [0.25, 0.3) is 0 Å². The molecule has 0 aliphatic carbocycles. The van der Waals surface area contributed by atoms with Crippen molar-refractivity contribution in [2.75, 3.05) is 33.4 Å². The second-order valence-electron chi connectivity index (χ2n) is 6.87. The lowest BCUT2D eigenvalue weighted by Crippen LogP contribution is -2.31. The zero-order valence-electron chi connectivity index (χ0n) is 15.4. The molecule has 1 atom stereocenters. The van der Waals surface area contributed by atoms with Gasteiger partial charge in [0.05, 0.1) is 6.10 Å². The molecule has 0 N–H and O–H groups in total. The zero-order valence-corrected chi connectivity index (χ0v) is 15.4. The van der Waals surface area contributed by atoms with Gasteiger partial charge in [-0.1, -0.05) is 0 Å². The van der Waals surface area contributed by atoms with Crippen molar-refractivity contribution in [2.45, 2.75) is 44.6 Å². The Hall–Kier alpha value is -2.08. The lowest BCUT2D eigenvalue weighted by molar-refractivity contribution is -0.130. The highest BCUT2D eigenvalue weighted by atomic mass is 16.6. The molecule has 2 heterocycles. The van der Waals surface area contributed by atoms with Crippen LogP contribution >= 0.6 is 0 Å². The van der Waals surface area contributed by atoms with Crippen molar-refractivity contribution >= 4 is 11.7 Å².